The summed E-state index contributed by atoms with van der Waals surface area (Å²) in [6.45, 7) is 9.99. The lowest BCUT2D eigenvalue weighted by atomic mass is 10.1. The highest BCUT2D eigenvalue weighted by Crippen LogP contribution is 2.10. The summed E-state index contributed by atoms with van der Waals surface area (Å²) in [6.07, 6.45) is 11.5. The van der Waals surface area contributed by atoms with Crippen molar-refractivity contribution in [3.05, 3.63) is 0 Å². The Morgan fingerprint density at radius 3 is 2.05 bits per heavy atom. The van der Waals surface area contributed by atoms with Gasteiger partial charge in [-0.2, -0.15) is 0 Å². The molecule has 0 aliphatic rings. The van der Waals surface area contributed by atoms with Gasteiger partial charge in [-0.1, -0.05) is 52.4 Å². The number of ether oxygens (including phenoxy) is 1. The van der Waals surface area contributed by atoms with Gasteiger partial charge in [0.1, 0.15) is 0 Å². The molecule has 0 bridgehead atoms. The van der Waals surface area contributed by atoms with Crippen LogP contribution < -0.4 is 0 Å². The van der Waals surface area contributed by atoms with Gasteiger partial charge in [0.15, 0.2) is 0 Å². The number of nitrogens with zero attached hydrogens (tertiary/aromatic N) is 1. The van der Waals surface area contributed by atoms with Crippen LogP contribution in [0.5, 0.6) is 0 Å². The summed E-state index contributed by atoms with van der Waals surface area (Å²) in [5, 5.41) is 0. The van der Waals surface area contributed by atoms with Crippen molar-refractivity contribution in [1.82, 2.24) is 0 Å². The fourth-order valence-corrected chi connectivity index (χ4v) is 2.60. The third kappa shape index (κ3) is 15.5. The molecular formula is C19H37NO2. The minimum Gasteiger partial charge on any atom is -0.466 e. The molecule has 0 N–H and O–H groups in total. The summed E-state index contributed by atoms with van der Waals surface area (Å²) >= 11 is 0. The Labute approximate surface area is 137 Å². The predicted octanol–water partition coefficient (Wildman–Crippen LogP) is 5.57. The van der Waals surface area contributed by atoms with Crippen molar-refractivity contribution in [3.8, 4) is 0 Å². The van der Waals surface area contributed by atoms with E-state index in [0.29, 0.717) is 18.9 Å². The first-order chi connectivity index (χ1) is 10.6. The van der Waals surface area contributed by atoms with Crippen molar-refractivity contribution in [2.45, 2.75) is 91.9 Å². The number of carbonyl (C=O) groups is 1. The molecule has 0 saturated heterocycles. The summed E-state index contributed by atoms with van der Waals surface area (Å²) in [6, 6.07) is 0. The molecule has 0 aromatic rings. The number of carbonyl (C=O) groups excluding carboxylic acids is 1. The van der Waals surface area contributed by atoms with Crippen LogP contribution >= 0.6 is 0 Å². The van der Waals surface area contributed by atoms with Crippen LogP contribution in [0, 0.1) is 5.92 Å². The second kappa shape index (κ2) is 15.1. The average Bonchev–Trinajstić information content (AvgIpc) is 2.44. The largest absolute Gasteiger partial charge is 0.466 e. The third-order valence-corrected chi connectivity index (χ3v) is 3.68. The molecule has 0 aromatic carbocycles. The van der Waals surface area contributed by atoms with Crippen LogP contribution in [0.1, 0.15) is 91.9 Å². The Hall–Kier alpha value is -0.860. The zero-order chi connectivity index (χ0) is 16.6. The monoisotopic (exact) mass is 311 g/mol. The molecule has 0 fully saturated rings. The van der Waals surface area contributed by atoms with Gasteiger partial charge < -0.3 is 4.74 Å². The van der Waals surface area contributed by atoms with Crippen molar-refractivity contribution in [2.24, 2.45) is 10.9 Å². The topological polar surface area (TPSA) is 38.7 Å². The van der Waals surface area contributed by atoms with Gasteiger partial charge in [-0.05, 0) is 39.0 Å². The van der Waals surface area contributed by atoms with E-state index in [1.54, 1.807) is 0 Å². The SMILES string of the molecule is CCOC(=O)CCCCCCCCCC/N=C(\C)CC(C)C. The number of esters is 1. The molecule has 3 heteroatoms. The lowest BCUT2D eigenvalue weighted by Gasteiger charge is -2.04. The minimum absolute atomic E-state index is 0.0455. The van der Waals surface area contributed by atoms with Gasteiger partial charge in [0.25, 0.3) is 0 Å². The van der Waals surface area contributed by atoms with E-state index in [1.807, 2.05) is 6.92 Å². The van der Waals surface area contributed by atoms with E-state index in [0.717, 1.165) is 25.8 Å². The number of rotatable bonds is 14. The Morgan fingerprint density at radius 2 is 1.50 bits per heavy atom. The van der Waals surface area contributed by atoms with Gasteiger partial charge in [-0.15, -0.1) is 0 Å². The number of aliphatic imine (C=N–C) groups is 1. The molecule has 22 heavy (non-hydrogen) atoms. The molecule has 0 atom stereocenters. The van der Waals surface area contributed by atoms with Crippen molar-refractivity contribution in [2.75, 3.05) is 13.2 Å². The first-order valence-electron chi connectivity index (χ1n) is 9.21. The molecule has 0 amide bonds. The van der Waals surface area contributed by atoms with Gasteiger partial charge >= 0.3 is 5.97 Å². The number of hydrogen-bond donors (Lipinski definition) is 0. The summed E-state index contributed by atoms with van der Waals surface area (Å²) in [5.74, 6) is 0.670. The van der Waals surface area contributed by atoms with Crippen molar-refractivity contribution in [1.29, 1.82) is 0 Å². The van der Waals surface area contributed by atoms with Crippen molar-refractivity contribution < 1.29 is 9.53 Å². The minimum atomic E-state index is -0.0455. The number of hydrogen-bond acceptors (Lipinski definition) is 3. The molecule has 0 aliphatic heterocycles. The van der Waals surface area contributed by atoms with E-state index in [-0.39, 0.29) is 5.97 Å². The molecule has 0 aliphatic carbocycles. The van der Waals surface area contributed by atoms with Gasteiger partial charge in [0.2, 0.25) is 0 Å². The molecule has 0 spiro atoms. The zero-order valence-electron chi connectivity index (χ0n) is 15.3. The maximum absolute atomic E-state index is 11.2. The Balaban J connectivity index is 3.25. The van der Waals surface area contributed by atoms with Gasteiger partial charge in [0.05, 0.1) is 6.61 Å². The van der Waals surface area contributed by atoms with Crippen LogP contribution in [0.15, 0.2) is 4.99 Å². The average molecular weight is 312 g/mol. The molecule has 0 aromatic heterocycles. The van der Waals surface area contributed by atoms with E-state index >= 15 is 0 Å². The van der Waals surface area contributed by atoms with Crippen LogP contribution in [-0.4, -0.2) is 24.8 Å². The van der Waals surface area contributed by atoms with E-state index in [2.05, 4.69) is 25.8 Å². The van der Waals surface area contributed by atoms with E-state index in [4.69, 9.17) is 4.74 Å². The lowest BCUT2D eigenvalue weighted by molar-refractivity contribution is -0.143. The third-order valence-electron chi connectivity index (χ3n) is 3.68. The molecular weight excluding hydrogens is 274 g/mol. The molecule has 0 rings (SSSR count). The molecule has 0 heterocycles. The fourth-order valence-electron chi connectivity index (χ4n) is 2.60. The summed E-state index contributed by atoms with van der Waals surface area (Å²) in [5.41, 5.74) is 1.30. The highest BCUT2D eigenvalue weighted by atomic mass is 16.5. The summed E-state index contributed by atoms with van der Waals surface area (Å²) < 4.78 is 4.91. The Bertz CT molecular complexity index is 298. The highest BCUT2D eigenvalue weighted by molar-refractivity contribution is 5.82. The van der Waals surface area contributed by atoms with Crippen LogP contribution in [-0.2, 0) is 9.53 Å². The van der Waals surface area contributed by atoms with Crippen molar-refractivity contribution in [3.63, 3.8) is 0 Å². The van der Waals surface area contributed by atoms with E-state index in [1.165, 1.54) is 44.2 Å². The Kier molecular flexibility index (Phi) is 14.5. The maximum Gasteiger partial charge on any atom is 0.305 e. The summed E-state index contributed by atoms with van der Waals surface area (Å²) in [7, 11) is 0. The summed E-state index contributed by atoms with van der Waals surface area (Å²) in [4.78, 5) is 15.8. The van der Waals surface area contributed by atoms with Gasteiger partial charge in [-0.3, -0.25) is 9.79 Å². The molecule has 0 unspecified atom stereocenters. The van der Waals surface area contributed by atoms with E-state index in [9.17, 15) is 4.79 Å². The standard InChI is InChI=1S/C19H37NO2/c1-5-22-19(21)14-12-10-8-6-7-9-11-13-15-20-18(4)16-17(2)3/h17H,5-16H2,1-4H3/b20-18+. The zero-order valence-corrected chi connectivity index (χ0v) is 15.3. The van der Waals surface area contributed by atoms with Crippen LogP contribution in [0.3, 0.4) is 0 Å². The van der Waals surface area contributed by atoms with Crippen molar-refractivity contribution >= 4 is 11.7 Å². The Morgan fingerprint density at radius 1 is 0.955 bits per heavy atom. The molecule has 3 nitrogen and oxygen atoms in total. The quantitative estimate of drug-likeness (QED) is 0.239. The smallest absolute Gasteiger partial charge is 0.305 e. The number of unbranched alkanes of at least 4 members (excludes halogenated alkanes) is 7. The van der Waals surface area contributed by atoms with Crippen LogP contribution in [0.4, 0.5) is 0 Å². The molecule has 0 saturated carbocycles. The fraction of sp³-hybridized carbons (Fsp3) is 0.895. The second-order valence-corrected chi connectivity index (χ2v) is 6.60. The predicted molar refractivity (Wildman–Crippen MR) is 95.6 cm³/mol. The molecule has 130 valence electrons. The van der Waals surface area contributed by atoms with Crippen LogP contribution in [0.25, 0.3) is 0 Å². The second-order valence-electron chi connectivity index (χ2n) is 6.60. The highest BCUT2D eigenvalue weighted by Gasteiger charge is 2.00. The van der Waals surface area contributed by atoms with Gasteiger partial charge in [-0.25, -0.2) is 0 Å². The van der Waals surface area contributed by atoms with Crippen LogP contribution in [0.2, 0.25) is 0 Å². The van der Waals surface area contributed by atoms with E-state index < -0.39 is 0 Å². The normalized spacial score (nSPS) is 12.0. The maximum atomic E-state index is 11.2. The lowest BCUT2D eigenvalue weighted by Crippen LogP contribution is -2.03. The first kappa shape index (κ1) is 21.1. The molecule has 0 radical (unpaired) electrons. The first-order valence-corrected chi connectivity index (χ1v) is 9.21. The van der Waals surface area contributed by atoms with Gasteiger partial charge in [0, 0.05) is 18.7 Å².